The molecule has 216 valence electrons. The number of hydrogen-bond acceptors (Lipinski definition) is 8. The Labute approximate surface area is 242 Å². The maximum atomic E-state index is 12.3. The number of amides is 1. The second kappa shape index (κ2) is 13.8. The van der Waals surface area contributed by atoms with Gasteiger partial charge in [0.25, 0.3) is 5.91 Å². The zero-order valence-electron chi connectivity index (χ0n) is 23.0. The lowest BCUT2D eigenvalue weighted by atomic mass is 9.91. The first-order chi connectivity index (χ1) is 19.7. The number of aromatic carboxylic acids is 1. The molecule has 0 unspecified atom stereocenters. The van der Waals surface area contributed by atoms with Gasteiger partial charge in [-0.25, -0.2) is 4.79 Å². The van der Waals surface area contributed by atoms with Crippen molar-refractivity contribution in [3.8, 4) is 0 Å². The number of rotatable bonds is 10. The highest BCUT2D eigenvalue weighted by Crippen LogP contribution is 2.43. The number of nitrogens with one attached hydrogen (secondary N) is 1. The quantitative estimate of drug-likeness (QED) is 0.215. The van der Waals surface area contributed by atoms with Crippen molar-refractivity contribution in [1.29, 1.82) is 0 Å². The third-order valence-corrected chi connectivity index (χ3v) is 7.97. The summed E-state index contributed by atoms with van der Waals surface area (Å²) in [5.74, 6) is -1.54. The fourth-order valence-electron chi connectivity index (χ4n) is 4.52. The Morgan fingerprint density at radius 2 is 1.63 bits per heavy atom. The molecule has 0 saturated carbocycles. The minimum Gasteiger partial charge on any atom is -0.478 e. The Morgan fingerprint density at radius 3 is 2.27 bits per heavy atom. The van der Waals surface area contributed by atoms with Gasteiger partial charge in [-0.3, -0.25) is 9.59 Å². The van der Waals surface area contributed by atoms with Crippen LogP contribution in [0, 0.1) is 5.92 Å². The number of benzene rings is 3. The third kappa shape index (κ3) is 7.74. The number of esters is 1. The van der Waals surface area contributed by atoms with Crippen molar-refractivity contribution < 1.29 is 38.8 Å². The number of aliphatic hydroxyl groups is 1. The van der Waals surface area contributed by atoms with Crippen molar-refractivity contribution in [3.63, 3.8) is 0 Å². The largest absolute Gasteiger partial charge is 0.478 e. The SMILES string of the molecule is CC(=O)O[C@@H](C)C(=O)Nc1ccc([C@@H]2O[C@H](CSc3ccccc3C(=O)O)[C@H](C)[C@H](c3ccc(CO)cc3)O2)cc1. The van der Waals surface area contributed by atoms with E-state index in [1.54, 1.807) is 42.5 Å². The fraction of sp³-hybridized carbons (Fsp3) is 0.323. The summed E-state index contributed by atoms with van der Waals surface area (Å²) in [4.78, 5) is 35.8. The summed E-state index contributed by atoms with van der Waals surface area (Å²) in [6.07, 6.45) is -2.27. The first-order valence-electron chi connectivity index (χ1n) is 13.2. The van der Waals surface area contributed by atoms with Crippen LogP contribution in [0.3, 0.4) is 0 Å². The molecule has 4 rings (SSSR count). The van der Waals surface area contributed by atoms with Crippen molar-refractivity contribution in [2.75, 3.05) is 11.1 Å². The number of carboxylic acids is 1. The van der Waals surface area contributed by atoms with Crippen molar-refractivity contribution >= 4 is 35.3 Å². The summed E-state index contributed by atoms with van der Waals surface area (Å²) < 4.78 is 17.8. The van der Waals surface area contributed by atoms with Gasteiger partial charge in [-0.2, -0.15) is 0 Å². The van der Waals surface area contributed by atoms with Gasteiger partial charge in [0, 0.05) is 34.7 Å². The molecule has 0 spiro atoms. The van der Waals surface area contributed by atoms with Crippen molar-refractivity contribution in [2.24, 2.45) is 5.92 Å². The predicted molar refractivity (Wildman–Crippen MR) is 153 cm³/mol. The van der Waals surface area contributed by atoms with Crippen molar-refractivity contribution in [1.82, 2.24) is 0 Å². The van der Waals surface area contributed by atoms with E-state index in [-0.39, 0.29) is 30.3 Å². The van der Waals surface area contributed by atoms with Gasteiger partial charge in [-0.15, -0.1) is 11.8 Å². The summed E-state index contributed by atoms with van der Waals surface area (Å²) in [5, 5.41) is 21.8. The molecule has 3 N–H and O–H groups in total. The highest BCUT2D eigenvalue weighted by atomic mass is 32.2. The van der Waals surface area contributed by atoms with Gasteiger partial charge in [0.2, 0.25) is 0 Å². The molecule has 3 aromatic rings. The van der Waals surface area contributed by atoms with Crippen LogP contribution in [0.1, 0.15) is 60.2 Å². The van der Waals surface area contributed by atoms with E-state index in [1.165, 1.54) is 25.6 Å². The first kappa shape index (κ1) is 30.3. The van der Waals surface area contributed by atoms with Crippen LogP contribution in [-0.4, -0.2) is 46.0 Å². The van der Waals surface area contributed by atoms with E-state index in [4.69, 9.17) is 14.2 Å². The fourth-order valence-corrected chi connectivity index (χ4v) is 5.73. The average Bonchev–Trinajstić information content (AvgIpc) is 2.97. The topological polar surface area (TPSA) is 131 Å². The predicted octanol–water partition coefficient (Wildman–Crippen LogP) is 5.35. The molecule has 0 bridgehead atoms. The molecule has 5 atom stereocenters. The van der Waals surface area contributed by atoms with Crippen molar-refractivity contribution in [3.05, 3.63) is 95.1 Å². The molecular formula is C31H33NO8S. The summed E-state index contributed by atoms with van der Waals surface area (Å²) in [6, 6.07) is 21.5. The lowest BCUT2D eigenvalue weighted by Gasteiger charge is -2.41. The van der Waals surface area contributed by atoms with E-state index in [9.17, 15) is 24.6 Å². The van der Waals surface area contributed by atoms with Gasteiger partial charge in [0.15, 0.2) is 12.4 Å². The maximum Gasteiger partial charge on any atom is 0.336 e. The molecule has 3 aromatic carbocycles. The van der Waals surface area contributed by atoms with Gasteiger partial charge in [-0.1, -0.05) is 55.5 Å². The zero-order valence-corrected chi connectivity index (χ0v) is 23.8. The number of carbonyl (C=O) groups is 3. The Kier molecular flexibility index (Phi) is 10.2. The molecule has 0 aliphatic carbocycles. The normalized spacial score (nSPS) is 21.1. The molecule has 1 aliphatic heterocycles. The number of aliphatic hydroxyl groups excluding tert-OH is 1. The standard InChI is InChI=1S/C31H33NO8S/c1-18-26(17-41-27-7-5-4-6-25(27)30(36)37)39-31(40-28(18)22-10-8-21(16-33)9-11-22)23-12-14-24(15-13-23)32-29(35)19(2)38-20(3)34/h4-15,18-19,26,28,31,33H,16-17H2,1-3H3,(H,32,35)(H,36,37)/t18-,19-,26+,28+,31+/m0/s1. The number of ether oxygens (including phenoxy) is 3. The Morgan fingerprint density at radius 1 is 0.976 bits per heavy atom. The average molecular weight is 580 g/mol. The summed E-state index contributed by atoms with van der Waals surface area (Å²) in [7, 11) is 0. The van der Waals surface area contributed by atoms with Gasteiger partial charge in [-0.05, 0) is 42.3 Å². The minimum atomic E-state index is -0.983. The molecule has 1 amide bonds. The summed E-state index contributed by atoms with van der Waals surface area (Å²) >= 11 is 1.42. The van der Waals surface area contributed by atoms with E-state index in [0.29, 0.717) is 16.3 Å². The third-order valence-electron chi connectivity index (χ3n) is 6.81. The molecule has 10 heteroatoms. The maximum absolute atomic E-state index is 12.3. The molecule has 1 aliphatic rings. The lowest BCUT2D eigenvalue weighted by Crippen LogP contribution is -2.38. The second-order valence-electron chi connectivity index (χ2n) is 9.80. The van der Waals surface area contributed by atoms with E-state index >= 15 is 0 Å². The second-order valence-corrected chi connectivity index (χ2v) is 10.9. The Hall–Kier alpha value is -3.70. The number of carboxylic acid groups (broad SMARTS) is 1. The molecule has 0 aromatic heterocycles. The highest BCUT2D eigenvalue weighted by molar-refractivity contribution is 7.99. The molecule has 1 fully saturated rings. The van der Waals surface area contributed by atoms with Crippen LogP contribution in [0.25, 0.3) is 0 Å². The molecular weight excluding hydrogens is 546 g/mol. The number of anilines is 1. The van der Waals surface area contributed by atoms with Gasteiger partial charge in [0.1, 0.15) is 0 Å². The van der Waals surface area contributed by atoms with E-state index in [1.807, 2.05) is 37.3 Å². The lowest BCUT2D eigenvalue weighted by molar-refractivity contribution is -0.268. The monoisotopic (exact) mass is 579 g/mol. The summed E-state index contributed by atoms with van der Waals surface area (Å²) in [5.41, 5.74) is 3.23. The van der Waals surface area contributed by atoms with Crippen LogP contribution in [-0.2, 0) is 30.4 Å². The number of hydrogen-bond donors (Lipinski definition) is 3. The van der Waals surface area contributed by atoms with Crippen LogP contribution in [0.15, 0.2) is 77.7 Å². The molecule has 41 heavy (non-hydrogen) atoms. The van der Waals surface area contributed by atoms with Crippen LogP contribution in [0.2, 0.25) is 0 Å². The first-order valence-corrected chi connectivity index (χ1v) is 14.2. The van der Waals surface area contributed by atoms with Gasteiger partial charge in [0.05, 0.1) is 24.4 Å². The smallest absolute Gasteiger partial charge is 0.336 e. The van der Waals surface area contributed by atoms with E-state index in [0.717, 1.165) is 16.7 Å². The Balaban J connectivity index is 1.54. The Bertz CT molecular complexity index is 1360. The minimum absolute atomic E-state index is 0.0577. The van der Waals surface area contributed by atoms with E-state index in [2.05, 4.69) is 5.32 Å². The molecule has 0 radical (unpaired) electrons. The van der Waals surface area contributed by atoms with Crippen LogP contribution in [0.5, 0.6) is 0 Å². The van der Waals surface area contributed by atoms with Crippen LogP contribution >= 0.6 is 11.8 Å². The number of thioether (sulfide) groups is 1. The molecule has 1 saturated heterocycles. The molecule has 1 heterocycles. The summed E-state index contributed by atoms with van der Waals surface area (Å²) in [6.45, 7) is 4.72. The highest BCUT2D eigenvalue weighted by Gasteiger charge is 2.38. The van der Waals surface area contributed by atoms with Crippen LogP contribution in [0.4, 0.5) is 5.69 Å². The van der Waals surface area contributed by atoms with E-state index < -0.39 is 30.2 Å². The zero-order chi connectivity index (χ0) is 29.5. The van der Waals surface area contributed by atoms with Gasteiger partial charge >= 0.3 is 11.9 Å². The number of carbonyl (C=O) groups excluding carboxylic acids is 2. The van der Waals surface area contributed by atoms with Crippen molar-refractivity contribution in [2.45, 2.75) is 56.9 Å². The molecule has 9 nitrogen and oxygen atoms in total. The van der Waals surface area contributed by atoms with Crippen LogP contribution < -0.4 is 5.32 Å². The van der Waals surface area contributed by atoms with Gasteiger partial charge < -0.3 is 29.7 Å².